The monoisotopic (exact) mass is 449 g/mol. The Kier molecular flexibility index (Phi) is 6.81. The van der Waals surface area contributed by atoms with Crippen LogP contribution in [0.25, 0.3) is 0 Å². The summed E-state index contributed by atoms with van der Waals surface area (Å²) in [6.45, 7) is 0.942. The minimum absolute atomic E-state index is 0.0170. The Balaban J connectivity index is 2.19. The predicted octanol–water partition coefficient (Wildman–Crippen LogP) is 5.67. The summed E-state index contributed by atoms with van der Waals surface area (Å²) in [5, 5.41) is 1.04. The van der Waals surface area contributed by atoms with Crippen molar-refractivity contribution in [2.75, 3.05) is 20.6 Å². The lowest BCUT2D eigenvalue weighted by Crippen LogP contribution is -2.18. The van der Waals surface area contributed by atoms with Crippen LogP contribution in [0, 0.1) is 3.57 Å². The van der Waals surface area contributed by atoms with E-state index in [1.165, 1.54) is 3.57 Å². The highest BCUT2D eigenvalue weighted by atomic mass is 127. The van der Waals surface area contributed by atoms with Crippen LogP contribution in [0.2, 0.25) is 10.0 Å². The van der Waals surface area contributed by atoms with Crippen LogP contribution in [-0.2, 0) is 0 Å². The average Bonchev–Trinajstić information content (AvgIpc) is 2.48. The number of rotatable bonds is 6. The standard InChI is InChI=1S/C17H18Cl2INO/c1-21(2)10-9-17(12-3-5-13(20)6-4-12)22-14-7-8-15(18)16(19)11-14/h3-8,11,17H,9-10H2,1-2H3. The molecule has 1 unspecified atom stereocenters. The lowest BCUT2D eigenvalue weighted by molar-refractivity contribution is 0.179. The van der Waals surface area contributed by atoms with Gasteiger partial charge in [-0.3, -0.25) is 0 Å². The second-order valence-corrected chi connectivity index (χ2v) is 7.39. The van der Waals surface area contributed by atoms with Crippen LogP contribution in [0.4, 0.5) is 0 Å². The van der Waals surface area contributed by atoms with E-state index in [-0.39, 0.29) is 6.10 Å². The highest BCUT2D eigenvalue weighted by molar-refractivity contribution is 14.1. The molecule has 0 saturated carbocycles. The summed E-state index contributed by atoms with van der Waals surface area (Å²) < 4.78 is 7.36. The molecule has 0 bridgehead atoms. The van der Waals surface area contributed by atoms with Crippen LogP contribution < -0.4 is 4.74 Å². The summed E-state index contributed by atoms with van der Waals surface area (Å²) in [6.07, 6.45) is 0.880. The Hall–Kier alpha value is -0.490. The third-order valence-electron chi connectivity index (χ3n) is 3.25. The van der Waals surface area contributed by atoms with Gasteiger partial charge in [0.1, 0.15) is 11.9 Å². The first-order chi connectivity index (χ1) is 10.5. The number of benzene rings is 2. The molecule has 0 radical (unpaired) electrons. The molecule has 0 heterocycles. The molecule has 2 aromatic rings. The fraction of sp³-hybridized carbons (Fsp3) is 0.294. The van der Waals surface area contributed by atoms with E-state index in [2.05, 4.69) is 65.9 Å². The zero-order chi connectivity index (χ0) is 16.1. The summed E-state index contributed by atoms with van der Waals surface area (Å²) in [5.41, 5.74) is 1.16. The van der Waals surface area contributed by atoms with E-state index in [4.69, 9.17) is 27.9 Å². The molecule has 0 aliphatic rings. The van der Waals surface area contributed by atoms with Gasteiger partial charge in [0.15, 0.2) is 0 Å². The van der Waals surface area contributed by atoms with Gasteiger partial charge in [0.05, 0.1) is 10.0 Å². The van der Waals surface area contributed by atoms with Crippen molar-refractivity contribution < 1.29 is 4.74 Å². The van der Waals surface area contributed by atoms with E-state index in [0.29, 0.717) is 10.0 Å². The molecule has 5 heteroatoms. The average molecular weight is 450 g/mol. The lowest BCUT2D eigenvalue weighted by Gasteiger charge is -2.22. The Labute approximate surface area is 155 Å². The van der Waals surface area contributed by atoms with Crippen molar-refractivity contribution in [1.29, 1.82) is 0 Å². The molecule has 0 N–H and O–H groups in total. The minimum atomic E-state index is -0.0170. The molecule has 0 aromatic heterocycles. The molecule has 0 aliphatic carbocycles. The third kappa shape index (κ3) is 5.30. The second kappa shape index (κ2) is 8.39. The first kappa shape index (κ1) is 17.9. The number of hydrogen-bond donors (Lipinski definition) is 0. The van der Waals surface area contributed by atoms with E-state index in [0.717, 1.165) is 24.3 Å². The maximum absolute atomic E-state index is 6.15. The summed E-state index contributed by atoms with van der Waals surface area (Å²) in [4.78, 5) is 2.15. The van der Waals surface area contributed by atoms with Crippen molar-refractivity contribution in [2.45, 2.75) is 12.5 Å². The maximum atomic E-state index is 6.15. The van der Waals surface area contributed by atoms with Gasteiger partial charge in [-0.25, -0.2) is 0 Å². The highest BCUT2D eigenvalue weighted by Gasteiger charge is 2.14. The van der Waals surface area contributed by atoms with Gasteiger partial charge in [-0.2, -0.15) is 0 Å². The Morgan fingerprint density at radius 2 is 1.73 bits per heavy atom. The molecular formula is C17H18Cl2INO. The molecule has 0 spiro atoms. The fourth-order valence-electron chi connectivity index (χ4n) is 2.06. The van der Waals surface area contributed by atoms with Gasteiger partial charge in [-0.15, -0.1) is 0 Å². The van der Waals surface area contributed by atoms with Crippen LogP contribution in [0.5, 0.6) is 5.75 Å². The molecule has 118 valence electrons. The van der Waals surface area contributed by atoms with Crippen LogP contribution in [-0.4, -0.2) is 25.5 Å². The number of ether oxygens (including phenoxy) is 1. The quantitative estimate of drug-likeness (QED) is 0.526. The largest absolute Gasteiger partial charge is 0.486 e. The zero-order valence-electron chi connectivity index (χ0n) is 12.5. The summed E-state index contributed by atoms with van der Waals surface area (Å²) >= 11 is 14.3. The first-order valence-electron chi connectivity index (χ1n) is 6.97. The lowest BCUT2D eigenvalue weighted by atomic mass is 10.1. The minimum Gasteiger partial charge on any atom is -0.486 e. The highest BCUT2D eigenvalue weighted by Crippen LogP contribution is 2.30. The molecule has 0 aliphatic heterocycles. The smallest absolute Gasteiger partial charge is 0.125 e. The van der Waals surface area contributed by atoms with E-state index < -0.39 is 0 Å². The molecule has 0 fully saturated rings. The van der Waals surface area contributed by atoms with Crippen molar-refractivity contribution in [2.24, 2.45) is 0 Å². The van der Waals surface area contributed by atoms with Crippen LogP contribution >= 0.6 is 45.8 Å². The maximum Gasteiger partial charge on any atom is 0.125 e. The van der Waals surface area contributed by atoms with Crippen LogP contribution in [0.15, 0.2) is 42.5 Å². The summed E-state index contributed by atoms with van der Waals surface area (Å²) in [6, 6.07) is 13.8. The van der Waals surface area contributed by atoms with E-state index in [1.54, 1.807) is 12.1 Å². The van der Waals surface area contributed by atoms with E-state index >= 15 is 0 Å². The SMILES string of the molecule is CN(C)CCC(Oc1ccc(Cl)c(Cl)c1)c1ccc(I)cc1. The van der Waals surface area contributed by atoms with Gasteiger partial charge in [0.25, 0.3) is 0 Å². The molecule has 2 nitrogen and oxygen atoms in total. The molecule has 0 saturated heterocycles. The number of halogens is 3. The van der Waals surface area contributed by atoms with Gasteiger partial charge in [0, 0.05) is 22.6 Å². The van der Waals surface area contributed by atoms with E-state index in [9.17, 15) is 0 Å². The van der Waals surface area contributed by atoms with Gasteiger partial charge in [0.2, 0.25) is 0 Å². The van der Waals surface area contributed by atoms with Crippen LogP contribution in [0.1, 0.15) is 18.1 Å². The second-order valence-electron chi connectivity index (χ2n) is 5.33. The summed E-state index contributed by atoms with van der Waals surface area (Å²) in [7, 11) is 4.12. The molecule has 22 heavy (non-hydrogen) atoms. The van der Waals surface area contributed by atoms with E-state index in [1.807, 2.05) is 6.07 Å². The zero-order valence-corrected chi connectivity index (χ0v) is 16.2. The molecule has 2 rings (SSSR count). The van der Waals surface area contributed by atoms with Crippen molar-refractivity contribution in [3.8, 4) is 5.75 Å². The molecular weight excluding hydrogens is 432 g/mol. The fourth-order valence-corrected chi connectivity index (χ4v) is 2.71. The van der Waals surface area contributed by atoms with Crippen molar-refractivity contribution >= 4 is 45.8 Å². The predicted molar refractivity (Wildman–Crippen MR) is 102 cm³/mol. The van der Waals surface area contributed by atoms with Gasteiger partial charge >= 0.3 is 0 Å². The number of nitrogens with zero attached hydrogens (tertiary/aromatic N) is 1. The molecule has 2 aromatic carbocycles. The third-order valence-corrected chi connectivity index (χ3v) is 4.71. The molecule has 1 atom stereocenters. The van der Waals surface area contributed by atoms with Gasteiger partial charge in [-0.1, -0.05) is 35.3 Å². The van der Waals surface area contributed by atoms with Crippen molar-refractivity contribution in [3.05, 3.63) is 61.6 Å². The Morgan fingerprint density at radius 3 is 2.32 bits per heavy atom. The van der Waals surface area contributed by atoms with Crippen molar-refractivity contribution in [1.82, 2.24) is 4.90 Å². The number of hydrogen-bond acceptors (Lipinski definition) is 2. The Bertz CT molecular complexity index is 617. The normalized spacial score (nSPS) is 12.5. The van der Waals surface area contributed by atoms with Gasteiger partial charge < -0.3 is 9.64 Å². The first-order valence-corrected chi connectivity index (χ1v) is 8.81. The van der Waals surface area contributed by atoms with Gasteiger partial charge in [-0.05, 0) is 66.5 Å². The Morgan fingerprint density at radius 1 is 1.05 bits per heavy atom. The van der Waals surface area contributed by atoms with Crippen LogP contribution in [0.3, 0.4) is 0 Å². The topological polar surface area (TPSA) is 12.5 Å². The summed E-state index contributed by atoms with van der Waals surface area (Å²) in [5.74, 6) is 0.733. The van der Waals surface area contributed by atoms with Crippen molar-refractivity contribution in [3.63, 3.8) is 0 Å². The molecule has 0 amide bonds.